The Hall–Kier alpha value is -1.76. The maximum atomic E-state index is 12.6. The van der Waals surface area contributed by atoms with Crippen LogP contribution >= 0.6 is 11.8 Å². The van der Waals surface area contributed by atoms with Crippen LogP contribution in [0.3, 0.4) is 0 Å². The maximum absolute atomic E-state index is 12.6. The van der Waals surface area contributed by atoms with Crippen molar-refractivity contribution in [2.45, 2.75) is 29.3 Å². The van der Waals surface area contributed by atoms with Gasteiger partial charge >= 0.3 is 0 Å². The fourth-order valence-corrected chi connectivity index (χ4v) is 4.05. The van der Waals surface area contributed by atoms with Gasteiger partial charge in [0, 0.05) is 30.8 Å². The first-order valence-electron chi connectivity index (χ1n) is 8.58. The van der Waals surface area contributed by atoms with Crippen molar-refractivity contribution in [3.63, 3.8) is 0 Å². The van der Waals surface area contributed by atoms with Crippen LogP contribution < -0.4 is 0 Å². The highest BCUT2D eigenvalue weighted by molar-refractivity contribution is 7.98. The topological polar surface area (TPSA) is 51.9 Å². The fraction of sp³-hybridized carbons (Fsp3) is 0.421. The number of ether oxygens (including phenoxy) is 2. The average Bonchev–Trinajstić information content (AvgIpc) is 3.31. The molecule has 0 saturated carbocycles. The Bertz CT molecular complexity index is 714. The minimum Gasteiger partial charge on any atom is -0.455 e. The summed E-state index contributed by atoms with van der Waals surface area (Å²) in [5.41, 5.74) is 0. The third-order valence-electron chi connectivity index (χ3n) is 4.62. The van der Waals surface area contributed by atoms with Gasteiger partial charge in [-0.2, -0.15) is 0 Å². The lowest BCUT2D eigenvalue weighted by atomic mass is 10.0. The molecule has 2 aliphatic heterocycles. The number of nitrogens with zero attached hydrogens (tertiary/aromatic N) is 1. The molecule has 132 valence electrons. The molecule has 2 aliphatic rings. The summed E-state index contributed by atoms with van der Waals surface area (Å²) in [5.74, 6) is 1.42. The molecule has 1 spiro atoms. The molecular weight excluding hydrogens is 338 g/mol. The third kappa shape index (κ3) is 3.76. The summed E-state index contributed by atoms with van der Waals surface area (Å²) in [6, 6.07) is 13.8. The van der Waals surface area contributed by atoms with Crippen molar-refractivity contribution >= 4 is 17.7 Å². The van der Waals surface area contributed by atoms with Gasteiger partial charge in [0.25, 0.3) is 5.91 Å². The zero-order valence-corrected chi connectivity index (χ0v) is 14.8. The Morgan fingerprint density at radius 1 is 1.04 bits per heavy atom. The molecule has 2 saturated heterocycles. The SMILES string of the molecule is O=C(c1ccc(CSc2ccccc2)o1)N1CCC2(CC1)OCCO2. The van der Waals surface area contributed by atoms with Gasteiger partial charge in [-0.15, -0.1) is 11.8 Å². The lowest BCUT2D eigenvalue weighted by Gasteiger charge is -2.37. The number of benzene rings is 1. The smallest absolute Gasteiger partial charge is 0.289 e. The van der Waals surface area contributed by atoms with Crippen LogP contribution in [0.1, 0.15) is 29.2 Å². The molecule has 0 aliphatic carbocycles. The molecule has 2 fully saturated rings. The van der Waals surface area contributed by atoms with Gasteiger partial charge in [0.05, 0.1) is 19.0 Å². The normalized spacial score (nSPS) is 19.4. The van der Waals surface area contributed by atoms with E-state index < -0.39 is 5.79 Å². The van der Waals surface area contributed by atoms with Gasteiger partial charge in [0.1, 0.15) is 5.76 Å². The monoisotopic (exact) mass is 359 g/mol. The molecule has 1 amide bonds. The minimum absolute atomic E-state index is 0.0520. The first kappa shape index (κ1) is 16.7. The minimum atomic E-state index is -0.461. The van der Waals surface area contributed by atoms with Crippen LogP contribution in [0.15, 0.2) is 51.8 Å². The molecule has 0 radical (unpaired) electrons. The van der Waals surface area contributed by atoms with E-state index in [1.807, 2.05) is 29.2 Å². The molecule has 4 rings (SSSR count). The molecular formula is C19H21NO4S. The van der Waals surface area contributed by atoms with E-state index in [0.717, 1.165) is 18.6 Å². The molecule has 25 heavy (non-hydrogen) atoms. The first-order chi connectivity index (χ1) is 12.2. The molecule has 0 atom stereocenters. The molecule has 0 unspecified atom stereocenters. The van der Waals surface area contributed by atoms with Gasteiger partial charge < -0.3 is 18.8 Å². The van der Waals surface area contributed by atoms with Gasteiger partial charge in [-0.25, -0.2) is 0 Å². The lowest BCUT2D eigenvalue weighted by Crippen LogP contribution is -2.47. The lowest BCUT2D eigenvalue weighted by molar-refractivity contribution is -0.181. The Labute approximate surface area is 151 Å². The second-order valence-corrected chi connectivity index (χ2v) is 7.32. The Morgan fingerprint density at radius 2 is 1.76 bits per heavy atom. The molecule has 1 aromatic heterocycles. The number of carbonyl (C=O) groups excluding carboxylic acids is 1. The van der Waals surface area contributed by atoms with Crippen LogP contribution in [0.4, 0.5) is 0 Å². The zero-order valence-electron chi connectivity index (χ0n) is 14.0. The van der Waals surface area contributed by atoms with Crippen molar-refractivity contribution < 1.29 is 18.7 Å². The predicted molar refractivity (Wildman–Crippen MR) is 94.5 cm³/mol. The van der Waals surface area contributed by atoms with Crippen LogP contribution in [-0.2, 0) is 15.2 Å². The molecule has 1 aromatic carbocycles. The third-order valence-corrected chi connectivity index (χ3v) is 5.66. The molecule has 3 heterocycles. The number of hydrogen-bond acceptors (Lipinski definition) is 5. The van der Waals surface area contributed by atoms with E-state index in [9.17, 15) is 4.79 Å². The second-order valence-electron chi connectivity index (χ2n) is 6.27. The summed E-state index contributed by atoms with van der Waals surface area (Å²) in [5, 5.41) is 0. The summed E-state index contributed by atoms with van der Waals surface area (Å²) >= 11 is 1.70. The highest BCUT2D eigenvalue weighted by Crippen LogP contribution is 2.32. The Balaban J connectivity index is 1.33. The number of amides is 1. The molecule has 5 nitrogen and oxygen atoms in total. The highest BCUT2D eigenvalue weighted by atomic mass is 32.2. The van der Waals surface area contributed by atoms with Crippen molar-refractivity contribution in [2.75, 3.05) is 26.3 Å². The number of rotatable bonds is 4. The van der Waals surface area contributed by atoms with Gasteiger partial charge in [-0.3, -0.25) is 4.79 Å². The van der Waals surface area contributed by atoms with E-state index in [1.165, 1.54) is 4.90 Å². The van der Waals surface area contributed by atoms with Crippen LogP contribution in [0.25, 0.3) is 0 Å². The van der Waals surface area contributed by atoms with Gasteiger partial charge in [-0.1, -0.05) is 18.2 Å². The Morgan fingerprint density at radius 3 is 2.48 bits per heavy atom. The van der Waals surface area contributed by atoms with Gasteiger partial charge in [-0.05, 0) is 24.3 Å². The van der Waals surface area contributed by atoms with Crippen LogP contribution in [0.5, 0.6) is 0 Å². The number of carbonyl (C=O) groups is 1. The van der Waals surface area contributed by atoms with Gasteiger partial charge in [0.15, 0.2) is 11.5 Å². The summed E-state index contributed by atoms with van der Waals surface area (Å²) in [6.07, 6.45) is 1.44. The Kier molecular flexibility index (Phi) is 4.83. The number of hydrogen-bond donors (Lipinski definition) is 0. The summed E-state index contributed by atoms with van der Waals surface area (Å²) in [6.45, 7) is 2.56. The van der Waals surface area contributed by atoms with Crippen molar-refractivity contribution in [3.05, 3.63) is 54.0 Å². The van der Waals surface area contributed by atoms with E-state index in [-0.39, 0.29) is 5.91 Å². The second kappa shape index (κ2) is 7.23. The first-order valence-corrected chi connectivity index (χ1v) is 9.56. The van der Waals surface area contributed by atoms with Gasteiger partial charge in [0.2, 0.25) is 0 Å². The summed E-state index contributed by atoms with van der Waals surface area (Å²) in [4.78, 5) is 15.6. The number of piperidine rings is 1. The molecule has 0 N–H and O–H groups in total. The quantitative estimate of drug-likeness (QED) is 0.782. The average molecular weight is 359 g/mol. The molecule has 2 aromatic rings. The van der Waals surface area contributed by atoms with Crippen LogP contribution in [-0.4, -0.2) is 42.9 Å². The number of thioether (sulfide) groups is 1. The van der Waals surface area contributed by atoms with E-state index >= 15 is 0 Å². The zero-order chi connectivity index (χ0) is 17.1. The van der Waals surface area contributed by atoms with Crippen molar-refractivity contribution in [1.29, 1.82) is 0 Å². The van der Waals surface area contributed by atoms with Crippen molar-refractivity contribution in [2.24, 2.45) is 0 Å². The van der Waals surface area contributed by atoms with Crippen LogP contribution in [0.2, 0.25) is 0 Å². The van der Waals surface area contributed by atoms with E-state index in [2.05, 4.69) is 12.1 Å². The van der Waals surface area contributed by atoms with Crippen molar-refractivity contribution in [1.82, 2.24) is 4.90 Å². The summed E-state index contributed by atoms with van der Waals surface area (Å²) in [7, 11) is 0. The summed E-state index contributed by atoms with van der Waals surface area (Å²) < 4.78 is 17.2. The van der Waals surface area contributed by atoms with Crippen LogP contribution in [0, 0.1) is 0 Å². The number of furan rings is 1. The fourth-order valence-electron chi connectivity index (χ4n) is 3.23. The van der Waals surface area contributed by atoms with E-state index in [4.69, 9.17) is 13.9 Å². The highest BCUT2D eigenvalue weighted by Gasteiger charge is 2.41. The standard InChI is InChI=1S/C19H21NO4S/c21-18(20-10-8-19(9-11-20)22-12-13-23-19)17-7-6-15(24-17)14-25-16-4-2-1-3-5-16/h1-7H,8-14H2. The maximum Gasteiger partial charge on any atom is 0.289 e. The molecule has 6 heteroatoms. The number of likely N-dealkylation sites (tertiary alicyclic amines) is 1. The molecule has 0 bridgehead atoms. The van der Waals surface area contributed by atoms with Crippen molar-refractivity contribution in [3.8, 4) is 0 Å². The largest absolute Gasteiger partial charge is 0.455 e. The van der Waals surface area contributed by atoms with E-state index in [1.54, 1.807) is 17.8 Å². The predicted octanol–water partition coefficient (Wildman–Crippen LogP) is 3.55. The van der Waals surface area contributed by atoms with E-state index in [0.29, 0.717) is 37.8 Å².